The first kappa shape index (κ1) is 16.4. The number of alkyl halides is 3. The van der Waals surface area contributed by atoms with E-state index in [1.807, 2.05) is 24.3 Å². The van der Waals surface area contributed by atoms with Gasteiger partial charge in [-0.15, -0.1) is 0 Å². The van der Waals surface area contributed by atoms with Crippen LogP contribution in [0.15, 0.2) is 53.0 Å². The molecule has 0 aliphatic heterocycles. The molecule has 2 aromatic carbocycles. The number of urea groups is 1. The summed E-state index contributed by atoms with van der Waals surface area (Å²) in [6.07, 6.45) is -4.39. The van der Waals surface area contributed by atoms with E-state index in [0.29, 0.717) is 12.2 Å². The molecular weight excluding hydrogens is 361 g/mol. The Balaban J connectivity index is 1.88. The van der Waals surface area contributed by atoms with Crippen molar-refractivity contribution >= 4 is 27.6 Å². The van der Waals surface area contributed by atoms with Gasteiger partial charge < -0.3 is 10.6 Å². The molecule has 0 atom stereocenters. The van der Waals surface area contributed by atoms with Gasteiger partial charge in [-0.3, -0.25) is 0 Å². The Morgan fingerprint density at radius 3 is 2.14 bits per heavy atom. The minimum absolute atomic E-state index is 0.293. The summed E-state index contributed by atoms with van der Waals surface area (Å²) < 4.78 is 38.2. The monoisotopic (exact) mass is 372 g/mol. The summed E-state index contributed by atoms with van der Waals surface area (Å²) >= 11 is 3.31. The lowest BCUT2D eigenvalue weighted by atomic mass is 10.2. The third-order valence-corrected chi connectivity index (χ3v) is 3.37. The molecule has 2 aromatic rings. The molecule has 0 heterocycles. The first-order valence-electron chi connectivity index (χ1n) is 6.31. The zero-order chi connectivity index (χ0) is 16.2. The highest BCUT2D eigenvalue weighted by Crippen LogP contribution is 2.29. The van der Waals surface area contributed by atoms with Crippen molar-refractivity contribution < 1.29 is 18.0 Å². The predicted molar refractivity (Wildman–Crippen MR) is 81.4 cm³/mol. The average Bonchev–Trinajstić information content (AvgIpc) is 2.46. The number of amides is 2. The summed E-state index contributed by atoms with van der Waals surface area (Å²) in [5.41, 5.74) is 0.445. The van der Waals surface area contributed by atoms with E-state index in [2.05, 4.69) is 26.6 Å². The molecule has 0 aliphatic carbocycles. The number of carbonyl (C=O) groups is 1. The van der Waals surface area contributed by atoms with E-state index in [-0.39, 0.29) is 0 Å². The van der Waals surface area contributed by atoms with E-state index in [1.54, 1.807) is 0 Å². The minimum Gasteiger partial charge on any atom is -0.334 e. The molecule has 0 unspecified atom stereocenters. The maximum atomic E-state index is 12.4. The van der Waals surface area contributed by atoms with Crippen LogP contribution < -0.4 is 10.6 Å². The molecule has 0 aliphatic rings. The molecule has 0 spiro atoms. The molecule has 22 heavy (non-hydrogen) atoms. The molecule has 116 valence electrons. The average molecular weight is 373 g/mol. The van der Waals surface area contributed by atoms with Gasteiger partial charge in [-0.05, 0) is 42.0 Å². The third-order valence-electron chi connectivity index (χ3n) is 2.84. The van der Waals surface area contributed by atoms with Crippen molar-refractivity contribution in [2.75, 3.05) is 5.32 Å². The second-order valence-electron chi connectivity index (χ2n) is 4.51. The number of carbonyl (C=O) groups excluding carboxylic acids is 1. The zero-order valence-electron chi connectivity index (χ0n) is 11.2. The van der Waals surface area contributed by atoms with Gasteiger partial charge in [0, 0.05) is 16.7 Å². The number of anilines is 1. The van der Waals surface area contributed by atoms with Crippen LogP contribution in [0.4, 0.5) is 23.7 Å². The Kier molecular flexibility index (Phi) is 5.07. The molecule has 0 saturated heterocycles. The highest BCUT2D eigenvalue weighted by atomic mass is 79.9. The highest BCUT2D eigenvalue weighted by Gasteiger charge is 2.29. The predicted octanol–water partition coefficient (Wildman–Crippen LogP) is 4.79. The van der Waals surface area contributed by atoms with Gasteiger partial charge in [0.05, 0.1) is 5.56 Å². The van der Waals surface area contributed by atoms with Crippen molar-refractivity contribution in [2.45, 2.75) is 12.7 Å². The molecule has 0 aromatic heterocycles. The molecule has 0 saturated carbocycles. The van der Waals surface area contributed by atoms with Crippen molar-refractivity contribution in [1.29, 1.82) is 0 Å². The van der Waals surface area contributed by atoms with Crippen LogP contribution >= 0.6 is 15.9 Å². The Morgan fingerprint density at radius 2 is 1.59 bits per heavy atom. The summed E-state index contributed by atoms with van der Waals surface area (Å²) in [6.45, 7) is 0.319. The van der Waals surface area contributed by atoms with Gasteiger partial charge >= 0.3 is 12.2 Å². The lowest BCUT2D eigenvalue weighted by molar-refractivity contribution is -0.137. The van der Waals surface area contributed by atoms with Gasteiger partial charge in [0.25, 0.3) is 0 Å². The summed E-state index contributed by atoms with van der Waals surface area (Å²) in [6, 6.07) is 11.2. The van der Waals surface area contributed by atoms with Gasteiger partial charge in [-0.1, -0.05) is 28.1 Å². The molecule has 0 bridgehead atoms. The molecular formula is C15H12BrF3N2O. The van der Waals surface area contributed by atoms with Crippen molar-refractivity contribution in [2.24, 2.45) is 0 Å². The smallest absolute Gasteiger partial charge is 0.334 e. The molecule has 7 heteroatoms. The van der Waals surface area contributed by atoms with Crippen LogP contribution in [0.3, 0.4) is 0 Å². The van der Waals surface area contributed by atoms with Crippen molar-refractivity contribution in [3.63, 3.8) is 0 Å². The zero-order valence-corrected chi connectivity index (χ0v) is 12.8. The minimum atomic E-state index is -4.39. The standard InChI is InChI=1S/C15H12BrF3N2O/c16-12-5-1-10(2-6-12)9-20-14(22)21-13-7-3-11(4-8-13)15(17,18)19/h1-8H,9H2,(H2,20,21,22). The summed E-state index contributed by atoms with van der Waals surface area (Å²) in [7, 11) is 0. The topological polar surface area (TPSA) is 41.1 Å². The van der Waals surface area contributed by atoms with Crippen LogP contribution in [0.2, 0.25) is 0 Å². The molecule has 3 nitrogen and oxygen atoms in total. The van der Waals surface area contributed by atoms with Gasteiger partial charge in [-0.25, -0.2) is 4.79 Å². The molecule has 2 rings (SSSR count). The van der Waals surface area contributed by atoms with E-state index >= 15 is 0 Å². The van der Waals surface area contributed by atoms with Gasteiger partial charge in [-0.2, -0.15) is 13.2 Å². The largest absolute Gasteiger partial charge is 0.416 e. The van der Waals surface area contributed by atoms with Crippen LogP contribution in [0.1, 0.15) is 11.1 Å². The number of hydrogen-bond acceptors (Lipinski definition) is 1. The van der Waals surface area contributed by atoms with Crippen molar-refractivity contribution in [1.82, 2.24) is 5.32 Å². The van der Waals surface area contributed by atoms with Crippen LogP contribution in [0.25, 0.3) is 0 Å². The van der Waals surface area contributed by atoms with Crippen molar-refractivity contribution in [3.05, 3.63) is 64.1 Å². The first-order valence-corrected chi connectivity index (χ1v) is 7.10. The molecule has 2 amide bonds. The van der Waals surface area contributed by atoms with E-state index < -0.39 is 17.8 Å². The lowest BCUT2D eigenvalue weighted by Crippen LogP contribution is -2.28. The van der Waals surface area contributed by atoms with Crippen molar-refractivity contribution in [3.8, 4) is 0 Å². The second kappa shape index (κ2) is 6.83. The number of rotatable bonds is 3. The maximum Gasteiger partial charge on any atom is 0.416 e. The van der Waals surface area contributed by atoms with E-state index in [1.165, 1.54) is 12.1 Å². The summed E-state index contributed by atoms with van der Waals surface area (Å²) in [5, 5.41) is 5.10. The first-order chi connectivity index (χ1) is 10.3. The van der Waals surface area contributed by atoms with Crippen LogP contribution in [0, 0.1) is 0 Å². The Labute approximate surface area is 133 Å². The fraction of sp³-hybridized carbons (Fsp3) is 0.133. The van der Waals surface area contributed by atoms with E-state index in [0.717, 1.165) is 22.2 Å². The fourth-order valence-corrected chi connectivity index (χ4v) is 1.97. The number of benzene rings is 2. The highest BCUT2D eigenvalue weighted by molar-refractivity contribution is 9.10. The summed E-state index contributed by atoms with van der Waals surface area (Å²) in [4.78, 5) is 11.7. The number of hydrogen-bond donors (Lipinski definition) is 2. The lowest BCUT2D eigenvalue weighted by Gasteiger charge is -2.10. The van der Waals surface area contributed by atoms with Crippen LogP contribution in [-0.4, -0.2) is 6.03 Å². The van der Waals surface area contributed by atoms with Crippen LogP contribution in [0.5, 0.6) is 0 Å². The normalized spacial score (nSPS) is 11.1. The fourth-order valence-electron chi connectivity index (χ4n) is 1.70. The number of halogens is 4. The molecule has 0 fully saturated rings. The van der Waals surface area contributed by atoms with E-state index in [4.69, 9.17) is 0 Å². The Bertz CT molecular complexity index is 639. The number of nitrogens with one attached hydrogen (secondary N) is 2. The quantitative estimate of drug-likeness (QED) is 0.798. The van der Waals surface area contributed by atoms with Crippen LogP contribution in [-0.2, 0) is 12.7 Å². The summed E-state index contributed by atoms with van der Waals surface area (Å²) in [5.74, 6) is 0. The second-order valence-corrected chi connectivity index (χ2v) is 5.42. The van der Waals surface area contributed by atoms with Gasteiger partial charge in [0.2, 0.25) is 0 Å². The molecule has 0 radical (unpaired) electrons. The van der Waals surface area contributed by atoms with Gasteiger partial charge in [0.15, 0.2) is 0 Å². The molecule has 2 N–H and O–H groups in total. The van der Waals surface area contributed by atoms with Gasteiger partial charge in [0.1, 0.15) is 0 Å². The Hall–Kier alpha value is -2.02. The van der Waals surface area contributed by atoms with E-state index in [9.17, 15) is 18.0 Å². The Morgan fingerprint density at radius 1 is 1.00 bits per heavy atom. The maximum absolute atomic E-state index is 12.4. The third kappa shape index (κ3) is 4.77. The SMILES string of the molecule is O=C(NCc1ccc(Br)cc1)Nc1ccc(C(F)(F)F)cc1.